The molecule has 1 heterocycles. The third-order valence-corrected chi connectivity index (χ3v) is 4.75. The average Bonchev–Trinajstić information content (AvgIpc) is 3.28. The number of hydrogen-bond acceptors (Lipinski definition) is 9. The molecular weight excluding hydrogens is 452 g/mol. The molecule has 15 heteroatoms. The molecule has 34 heavy (non-hydrogen) atoms. The van der Waals surface area contributed by atoms with Crippen molar-refractivity contribution in [1.82, 2.24) is 25.9 Å². The van der Waals surface area contributed by atoms with E-state index < -0.39 is 66.8 Å². The third kappa shape index (κ3) is 9.93. The Morgan fingerprint density at radius 1 is 1.00 bits per heavy atom. The lowest BCUT2D eigenvalue weighted by atomic mass is 10.1. The summed E-state index contributed by atoms with van der Waals surface area (Å²) in [5.74, 6) is -4.72. The van der Waals surface area contributed by atoms with Crippen molar-refractivity contribution in [3.63, 3.8) is 0 Å². The number of rotatable bonds is 16. The maximum atomic E-state index is 12.8. The lowest BCUT2D eigenvalue weighted by Crippen LogP contribution is -2.58. The molecule has 0 radical (unpaired) electrons. The summed E-state index contributed by atoms with van der Waals surface area (Å²) in [5.41, 5.74) is 16.4. The van der Waals surface area contributed by atoms with Crippen LogP contribution in [0.3, 0.4) is 0 Å². The number of carbonyl (C=O) groups excluding carboxylic acids is 4. The van der Waals surface area contributed by atoms with Crippen molar-refractivity contribution in [3.8, 4) is 0 Å². The summed E-state index contributed by atoms with van der Waals surface area (Å²) in [7, 11) is 0. The fourth-order valence-electron chi connectivity index (χ4n) is 2.90. The quantitative estimate of drug-likeness (QED) is 0.102. The number of imidazole rings is 1. The Balaban J connectivity index is 2.92. The number of aromatic nitrogens is 2. The fourth-order valence-corrected chi connectivity index (χ4v) is 2.90. The van der Waals surface area contributed by atoms with Crippen LogP contribution in [0.1, 0.15) is 31.4 Å². The number of carboxylic acids is 1. The smallest absolute Gasteiger partial charge is 0.326 e. The number of aromatic amines is 1. The van der Waals surface area contributed by atoms with Gasteiger partial charge in [-0.15, -0.1) is 0 Å². The average molecular weight is 485 g/mol. The van der Waals surface area contributed by atoms with Gasteiger partial charge in [-0.25, -0.2) is 9.78 Å². The minimum Gasteiger partial charge on any atom is -0.480 e. The number of unbranched alkanes of at least 4 members (excludes halogenated alkanes) is 1. The van der Waals surface area contributed by atoms with Crippen molar-refractivity contribution in [2.75, 3.05) is 13.2 Å². The van der Waals surface area contributed by atoms with Gasteiger partial charge in [-0.1, -0.05) is 0 Å². The van der Waals surface area contributed by atoms with E-state index in [1.807, 2.05) is 0 Å². The Labute approximate surface area is 195 Å². The largest absolute Gasteiger partial charge is 0.480 e. The predicted molar refractivity (Wildman–Crippen MR) is 117 cm³/mol. The lowest BCUT2D eigenvalue weighted by molar-refractivity contribution is -0.142. The van der Waals surface area contributed by atoms with E-state index in [1.165, 1.54) is 12.5 Å². The van der Waals surface area contributed by atoms with Crippen LogP contribution < -0.4 is 33.2 Å². The topological polar surface area (TPSA) is 269 Å². The second kappa shape index (κ2) is 14.6. The van der Waals surface area contributed by atoms with Gasteiger partial charge in [0, 0.05) is 18.3 Å². The molecule has 15 nitrogen and oxygen atoms in total. The molecule has 4 atom stereocenters. The SMILES string of the molecule is NCCCCC(NC(=O)C(Cc1cnc[nH]1)NC(=O)C(CO)NC(=O)C(N)CC(N)=O)C(=O)O. The highest BCUT2D eigenvalue weighted by Crippen LogP contribution is 2.05. The number of carbonyl (C=O) groups is 5. The van der Waals surface area contributed by atoms with Gasteiger partial charge in [0.05, 0.1) is 25.4 Å². The van der Waals surface area contributed by atoms with Gasteiger partial charge in [-0.2, -0.15) is 0 Å². The first-order valence-electron chi connectivity index (χ1n) is 10.5. The Bertz CT molecular complexity index is 833. The van der Waals surface area contributed by atoms with Crippen LogP contribution in [-0.4, -0.2) is 87.1 Å². The molecule has 4 unspecified atom stereocenters. The number of aliphatic hydroxyl groups excluding tert-OH is 1. The van der Waals surface area contributed by atoms with Crippen LogP contribution in [-0.2, 0) is 30.4 Å². The number of nitrogens with one attached hydrogen (secondary N) is 4. The van der Waals surface area contributed by atoms with E-state index in [9.17, 15) is 34.2 Å². The van der Waals surface area contributed by atoms with E-state index in [-0.39, 0.29) is 12.8 Å². The van der Waals surface area contributed by atoms with Crippen molar-refractivity contribution in [3.05, 3.63) is 18.2 Å². The number of amides is 4. The summed E-state index contributed by atoms with van der Waals surface area (Å²) < 4.78 is 0. The minimum absolute atomic E-state index is 0.0833. The first-order valence-corrected chi connectivity index (χ1v) is 10.5. The second-order valence-corrected chi connectivity index (χ2v) is 7.55. The number of carboxylic acid groups (broad SMARTS) is 1. The summed E-state index contributed by atoms with van der Waals surface area (Å²) in [6.45, 7) is -0.466. The molecule has 1 rings (SSSR count). The number of primary amides is 1. The summed E-state index contributed by atoms with van der Waals surface area (Å²) in [6, 6.07) is -5.31. The van der Waals surface area contributed by atoms with Gasteiger partial charge in [0.1, 0.15) is 18.1 Å². The Kier molecular flexibility index (Phi) is 12.2. The van der Waals surface area contributed by atoms with E-state index in [0.717, 1.165) is 0 Å². The molecule has 0 saturated carbocycles. The van der Waals surface area contributed by atoms with E-state index >= 15 is 0 Å². The molecule has 0 saturated heterocycles. The van der Waals surface area contributed by atoms with Gasteiger partial charge in [0.15, 0.2) is 0 Å². The van der Waals surface area contributed by atoms with Crippen molar-refractivity contribution in [2.24, 2.45) is 17.2 Å². The number of H-pyrrole nitrogens is 1. The number of nitrogens with two attached hydrogens (primary N) is 3. The highest BCUT2D eigenvalue weighted by molar-refractivity contribution is 5.95. The van der Waals surface area contributed by atoms with E-state index in [4.69, 9.17) is 17.2 Å². The maximum Gasteiger partial charge on any atom is 0.326 e. The monoisotopic (exact) mass is 484 g/mol. The summed E-state index contributed by atoms with van der Waals surface area (Å²) in [6.07, 6.45) is 3.39. The molecule has 0 fully saturated rings. The Morgan fingerprint density at radius 3 is 2.15 bits per heavy atom. The Morgan fingerprint density at radius 2 is 1.62 bits per heavy atom. The van der Waals surface area contributed by atoms with Gasteiger partial charge >= 0.3 is 5.97 Å². The lowest BCUT2D eigenvalue weighted by Gasteiger charge is -2.24. The van der Waals surface area contributed by atoms with E-state index in [1.54, 1.807) is 0 Å². The molecule has 1 aromatic rings. The van der Waals surface area contributed by atoms with Crippen LogP contribution in [0.5, 0.6) is 0 Å². The fraction of sp³-hybridized carbons (Fsp3) is 0.579. The summed E-state index contributed by atoms with van der Waals surface area (Å²) in [5, 5.41) is 25.9. The molecular formula is C19H32N8O7. The highest BCUT2D eigenvalue weighted by Gasteiger charge is 2.30. The number of nitrogens with zero attached hydrogens (tertiary/aromatic N) is 1. The molecule has 0 spiro atoms. The van der Waals surface area contributed by atoms with Crippen molar-refractivity contribution >= 4 is 29.6 Å². The van der Waals surface area contributed by atoms with E-state index in [0.29, 0.717) is 25.1 Å². The van der Waals surface area contributed by atoms with Gasteiger partial charge in [0.2, 0.25) is 23.6 Å². The normalized spacial score (nSPS) is 14.3. The van der Waals surface area contributed by atoms with Gasteiger partial charge < -0.3 is 48.3 Å². The second-order valence-electron chi connectivity index (χ2n) is 7.55. The molecule has 0 aliphatic carbocycles. The highest BCUT2D eigenvalue weighted by atomic mass is 16.4. The first-order chi connectivity index (χ1) is 16.1. The molecule has 0 aliphatic heterocycles. The van der Waals surface area contributed by atoms with Crippen LogP contribution >= 0.6 is 0 Å². The summed E-state index contributed by atoms with van der Waals surface area (Å²) >= 11 is 0. The van der Waals surface area contributed by atoms with E-state index in [2.05, 4.69) is 25.9 Å². The molecule has 4 amide bonds. The predicted octanol–water partition coefficient (Wildman–Crippen LogP) is -4.18. The van der Waals surface area contributed by atoms with Crippen molar-refractivity contribution < 1.29 is 34.2 Å². The van der Waals surface area contributed by atoms with Gasteiger partial charge in [-0.05, 0) is 25.8 Å². The maximum absolute atomic E-state index is 12.8. The number of aliphatic hydroxyl groups is 1. The molecule has 190 valence electrons. The third-order valence-electron chi connectivity index (χ3n) is 4.75. The van der Waals surface area contributed by atoms with Gasteiger partial charge in [0.25, 0.3) is 0 Å². The van der Waals surface area contributed by atoms with Crippen LogP contribution in [0.15, 0.2) is 12.5 Å². The van der Waals surface area contributed by atoms with Crippen LogP contribution in [0.25, 0.3) is 0 Å². The number of hydrogen-bond donors (Lipinski definition) is 9. The van der Waals surface area contributed by atoms with Crippen molar-refractivity contribution in [2.45, 2.75) is 56.3 Å². The summed E-state index contributed by atoms with van der Waals surface area (Å²) in [4.78, 5) is 66.7. The van der Waals surface area contributed by atoms with Gasteiger partial charge in [-0.3, -0.25) is 19.2 Å². The number of aliphatic carboxylic acids is 1. The molecule has 0 bridgehead atoms. The standard InChI is InChI=1S/C19H32N8O7/c20-4-2-1-3-12(19(33)34)25-17(31)13(5-10-7-23-9-24-10)26-18(32)14(8-28)27-16(30)11(21)6-15(22)29/h7,9,11-14,28H,1-6,8,20-21H2,(H2,22,29)(H,23,24)(H,25,31)(H,26,32)(H,27,30)(H,33,34). The first kappa shape index (κ1) is 28.5. The molecule has 12 N–H and O–H groups in total. The molecule has 0 aromatic carbocycles. The molecule has 1 aromatic heterocycles. The Hall–Kier alpha value is -3.56. The van der Waals surface area contributed by atoms with Crippen molar-refractivity contribution in [1.29, 1.82) is 0 Å². The molecule has 0 aliphatic rings. The van der Waals surface area contributed by atoms with Crippen LogP contribution in [0.2, 0.25) is 0 Å². The zero-order valence-corrected chi connectivity index (χ0v) is 18.5. The van der Waals surface area contributed by atoms with Crippen LogP contribution in [0, 0.1) is 0 Å². The zero-order chi connectivity index (χ0) is 25.7. The minimum atomic E-state index is -1.50. The zero-order valence-electron chi connectivity index (χ0n) is 18.5. The van der Waals surface area contributed by atoms with Crippen LogP contribution in [0.4, 0.5) is 0 Å².